The molecule has 1 aliphatic carbocycles. The third kappa shape index (κ3) is 3.22. The summed E-state index contributed by atoms with van der Waals surface area (Å²) in [6.07, 6.45) is 3.34. The third-order valence-corrected chi connectivity index (χ3v) is 4.34. The molecule has 110 valence electrons. The molecule has 3 heteroatoms. The zero-order valence-corrected chi connectivity index (χ0v) is 12.6. The van der Waals surface area contributed by atoms with Gasteiger partial charge in [0.1, 0.15) is 0 Å². The normalized spacial score (nSPS) is 22.7. The predicted molar refractivity (Wildman–Crippen MR) is 87.4 cm³/mol. The van der Waals surface area contributed by atoms with Gasteiger partial charge in [0.25, 0.3) is 0 Å². The molecule has 1 saturated heterocycles. The minimum absolute atomic E-state index is 0.353. The summed E-state index contributed by atoms with van der Waals surface area (Å²) in [4.78, 5) is 4.94. The number of nitrogens with two attached hydrogens (primary N) is 1. The molecule has 0 amide bonds. The summed E-state index contributed by atoms with van der Waals surface area (Å²) in [7, 11) is 2.20. The molecule has 0 spiro atoms. The number of aryl methyl sites for hydroxylation is 1. The highest BCUT2D eigenvalue weighted by molar-refractivity contribution is 5.58. The number of hydrogen-bond donors (Lipinski definition) is 1. The number of nitrogens with zero attached hydrogens (tertiary/aromatic N) is 2. The zero-order chi connectivity index (χ0) is 14.5. The Labute approximate surface area is 123 Å². The van der Waals surface area contributed by atoms with E-state index in [4.69, 9.17) is 5.73 Å². The van der Waals surface area contributed by atoms with Crippen LogP contribution in [0, 0.1) is 0 Å². The van der Waals surface area contributed by atoms with E-state index in [1.807, 2.05) is 0 Å². The number of anilines is 1. The van der Waals surface area contributed by atoms with Gasteiger partial charge in [-0.1, -0.05) is 12.1 Å². The fourth-order valence-electron chi connectivity index (χ4n) is 3.14. The molecule has 1 aromatic carbocycles. The molecule has 1 heterocycles. The minimum atomic E-state index is 0.353. The highest BCUT2D eigenvalue weighted by atomic mass is 15.2. The Morgan fingerprint density at radius 3 is 2.55 bits per heavy atom. The van der Waals surface area contributed by atoms with Gasteiger partial charge < -0.3 is 15.5 Å². The summed E-state index contributed by atoms with van der Waals surface area (Å²) in [5.41, 5.74) is 10.6. The first-order valence-electron chi connectivity index (χ1n) is 7.54. The van der Waals surface area contributed by atoms with E-state index in [0.29, 0.717) is 6.04 Å². The first kappa shape index (κ1) is 15.1. The van der Waals surface area contributed by atoms with Crippen molar-refractivity contribution in [3.05, 3.63) is 42.5 Å². The summed E-state index contributed by atoms with van der Waals surface area (Å²) >= 11 is 0. The fourth-order valence-corrected chi connectivity index (χ4v) is 3.14. The molecule has 0 saturated carbocycles. The molecule has 2 aliphatic rings. The largest absolute Gasteiger partial charge is 0.369 e. The minimum Gasteiger partial charge on any atom is -0.369 e. The van der Waals surface area contributed by atoms with Crippen molar-refractivity contribution >= 4 is 5.69 Å². The maximum atomic E-state index is 6.14. The van der Waals surface area contributed by atoms with Crippen LogP contribution in [0.1, 0.15) is 17.5 Å². The molecule has 0 bridgehead atoms. The molecular formula is C17H27N3. The van der Waals surface area contributed by atoms with E-state index in [2.05, 4.69) is 48.2 Å². The van der Waals surface area contributed by atoms with Crippen LogP contribution in [0.5, 0.6) is 0 Å². The fraction of sp³-hybridized carbons (Fsp3) is 0.529. The van der Waals surface area contributed by atoms with Gasteiger partial charge in [-0.2, -0.15) is 0 Å². The summed E-state index contributed by atoms with van der Waals surface area (Å²) < 4.78 is 0. The van der Waals surface area contributed by atoms with Crippen molar-refractivity contribution in [2.75, 3.05) is 38.1 Å². The standard InChI is InChI=1S/C15H23N3.C2H4/c1-17-7-9-18(10-8-17)15-4-2-3-12-5-6-13(16)11-14(12)15;1-2/h2-4,13H,5-11,16H2,1H3;1-2H2. The lowest BCUT2D eigenvalue weighted by atomic mass is 9.87. The van der Waals surface area contributed by atoms with Crippen molar-refractivity contribution in [2.24, 2.45) is 5.73 Å². The topological polar surface area (TPSA) is 32.5 Å². The van der Waals surface area contributed by atoms with Crippen LogP contribution >= 0.6 is 0 Å². The number of fused-ring (bicyclic) bond motifs is 1. The van der Waals surface area contributed by atoms with E-state index < -0.39 is 0 Å². The number of hydrogen-bond acceptors (Lipinski definition) is 3. The first-order valence-corrected chi connectivity index (χ1v) is 7.54. The predicted octanol–water partition coefficient (Wildman–Crippen LogP) is 2.06. The van der Waals surface area contributed by atoms with E-state index in [0.717, 1.165) is 45.4 Å². The van der Waals surface area contributed by atoms with Gasteiger partial charge in [0.15, 0.2) is 0 Å². The summed E-state index contributed by atoms with van der Waals surface area (Å²) in [5.74, 6) is 0. The molecule has 1 aliphatic heterocycles. The molecule has 3 nitrogen and oxygen atoms in total. The van der Waals surface area contributed by atoms with Gasteiger partial charge in [0, 0.05) is 37.9 Å². The van der Waals surface area contributed by atoms with E-state index in [-0.39, 0.29) is 0 Å². The van der Waals surface area contributed by atoms with Gasteiger partial charge in [-0.25, -0.2) is 0 Å². The molecule has 20 heavy (non-hydrogen) atoms. The molecule has 0 aromatic heterocycles. The monoisotopic (exact) mass is 273 g/mol. The number of piperazine rings is 1. The maximum Gasteiger partial charge on any atom is 0.0403 e. The quantitative estimate of drug-likeness (QED) is 0.795. The molecular weight excluding hydrogens is 246 g/mol. The van der Waals surface area contributed by atoms with Crippen molar-refractivity contribution in [2.45, 2.75) is 25.3 Å². The van der Waals surface area contributed by atoms with Gasteiger partial charge in [-0.3, -0.25) is 0 Å². The van der Waals surface area contributed by atoms with Crippen LogP contribution in [-0.2, 0) is 12.8 Å². The lowest BCUT2D eigenvalue weighted by Crippen LogP contribution is -2.45. The Kier molecular flexibility index (Phi) is 5.21. The van der Waals surface area contributed by atoms with Crippen LogP contribution in [0.25, 0.3) is 0 Å². The second kappa shape index (κ2) is 6.91. The Balaban J connectivity index is 0.000000704. The molecule has 1 atom stereocenters. The van der Waals surface area contributed by atoms with E-state index in [1.165, 1.54) is 16.8 Å². The van der Waals surface area contributed by atoms with Crippen LogP contribution in [-0.4, -0.2) is 44.2 Å². The summed E-state index contributed by atoms with van der Waals surface area (Å²) in [5, 5.41) is 0. The van der Waals surface area contributed by atoms with Gasteiger partial charge in [0.05, 0.1) is 0 Å². The third-order valence-electron chi connectivity index (χ3n) is 4.34. The van der Waals surface area contributed by atoms with Crippen molar-refractivity contribution in [3.63, 3.8) is 0 Å². The molecule has 0 radical (unpaired) electrons. The number of rotatable bonds is 1. The van der Waals surface area contributed by atoms with Crippen LogP contribution in [0.3, 0.4) is 0 Å². The van der Waals surface area contributed by atoms with Crippen LogP contribution in [0.2, 0.25) is 0 Å². The first-order chi connectivity index (χ1) is 9.74. The maximum absolute atomic E-state index is 6.14. The molecule has 2 N–H and O–H groups in total. The smallest absolute Gasteiger partial charge is 0.0403 e. The van der Waals surface area contributed by atoms with Crippen molar-refractivity contribution in [3.8, 4) is 0 Å². The lowest BCUT2D eigenvalue weighted by molar-refractivity contribution is 0.312. The average molecular weight is 273 g/mol. The van der Waals surface area contributed by atoms with Gasteiger partial charge in [0.2, 0.25) is 0 Å². The SMILES string of the molecule is C=C.CN1CCN(c2cccc3c2CC(N)CC3)CC1. The van der Waals surface area contributed by atoms with Crippen molar-refractivity contribution in [1.82, 2.24) is 4.90 Å². The van der Waals surface area contributed by atoms with E-state index >= 15 is 0 Å². The van der Waals surface area contributed by atoms with Gasteiger partial charge >= 0.3 is 0 Å². The zero-order valence-electron chi connectivity index (χ0n) is 12.6. The highest BCUT2D eigenvalue weighted by Gasteiger charge is 2.22. The Bertz CT molecular complexity index is 436. The highest BCUT2D eigenvalue weighted by Crippen LogP contribution is 2.30. The van der Waals surface area contributed by atoms with E-state index in [9.17, 15) is 0 Å². The average Bonchev–Trinajstić information content (AvgIpc) is 2.49. The van der Waals surface area contributed by atoms with Crippen LogP contribution in [0.4, 0.5) is 5.69 Å². The van der Waals surface area contributed by atoms with Crippen molar-refractivity contribution in [1.29, 1.82) is 0 Å². The Hall–Kier alpha value is -1.32. The van der Waals surface area contributed by atoms with Gasteiger partial charge in [-0.15, -0.1) is 13.2 Å². The summed E-state index contributed by atoms with van der Waals surface area (Å²) in [6.45, 7) is 10.6. The van der Waals surface area contributed by atoms with Crippen molar-refractivity contribution < 1.29 is 0 Å². The van der Waals surface area contributed by atoms with Gasteiger partial charge in [-0.05, 0) is 43.5 Å². The van der Waals surface area contributed by atoms with E-state index in [1.54, 1.807) is 0 Å². The number of likely N-dealkylation sites (N-methyl/N-ethyl adjacent to an activating group) is 1. The molecule has 1 fully saturated rings. The second-order valence-corrected chi connectivity index (χ2v) is 5.71. The van der Waals surface area contributed by atoms with Crippen LogP contribution < -0.4 is 10.6 Å². The molecule has 3 rings (SSSR count). The Morgan fingerprint density at radius 2 is 1.85 bits per heavy atom. The second-order valence-electron chi connectivity index (χ2n) is 5.71. The molecule has 1 unspecified atom stereocenters. The Morgan fingerprint density at radius 1 is 1.15 bits per heavy atom. The van der Waals surface area contributed by atoms with Crippen LogP contribution in [0.15, 0.2) is 31.4 Å². The molecule has 1 aromatic rings. The summed E-state index contributed by atoms with van der Waals surface area (Å²) in [6, 6.07) is 7.12. The lowest BCUT2D eigenvalue weighted by Gasteiger charge is -2.37. The number of benzene rings is 1.